The van der Waals surface area contributed by atoms with Gasteiger partial charge >= 0.3 is 0 Å². The molecule has 0 aliphatic heterocycles. The zero-order chi connectivity index (χ0) is 24.1. The lowest BCUT2D eigenvalue weighted by molar-refractivity contribution is -0.123. The molecule has 1 unspecified atom stereocenters. The van der Waals surface area contributed by atoms with E-state index < -0.39 is 0 Å². The second-order valence-corrected chi connectivity index (χ2v) is 8.44. The first-order valence-corrected chi connectivity index (χ1v) is 11.4. The van der Waals surface area contributed by atoms with Gasteiger partial charge in [-0.1, -0.05) is 53.5 Å². The Morgan fingerprint density at radius 3 is 2.56 bits per heavy atom. The van der Waals surface area contributed by atoms with Crippen molar-refractivity contribution in [2.45, 2.75) is 5.92 Å². The van der Waals surface area contributed by atoms with Gasteiger partial charge in [0.25, 0.3) is 5.91 Å². The van der Waals surface area contributed by atoms with Gasteiger partial charge in [-0.2, -0.15) is 0 Å². The van der Waals surface area contributed by atoms with Gasteiger partial charge in [-0.15, -0.1) is 0 Å². The SMILES string of the molecule is COc1cccc(C(CNC(=O)COc2ccc(Cl)cc2Cl)c2c[nH]c3ccccc23)c1OC. The quantitative estimate of drug-likeness (QED) is 0.305. The number of carbonyl (C=O) groups is 1. The number of amides is 1. The fraction of sp³-hybridized carbons (Fsp3) is 0.192. The first kappa shape index (κ1) is 23.8. The lowest BCUT2D eigenvalue weighted by Gasteiger charge is -2.22. The van der Waals surface area contributed by atoms with Crippen molar-refractivity contribution in [1.82, 2.24) is 10.3 Å². The zero-order valence-corrected chi connectivity index (χ0v) is 20.2. The Hall–Kier alpha value is -3.35. The van der Waals surface area contributed by atoms with E-state index in [1.807, 2.05) is 48.7 Å². The summed E-state index contributed by atoms with van der Waals surface area (Å²) in [6, 6.07) is 18.6. The van der Waals surface area contributed by atoms with E-state index in [1.165, 1.54) is 0 Å². The number of carbonyl (C=O) groups excluding carboxylic acids is 1. The van der Waals surface area contributed by atoms with Crippen molar-refractivity contribution >= 4 is 40.0 Å². The predicted octanol–water partition coefficient (Wildman–Crippen LogP) is 5.82. The Bertz CT molecular complexity index is 1310. The number of fused-ring (bicyclic) bond motifs is 1. The zero-order valence-electron chi connectivity index (χ0n) is 18.7. The lowest BCUT2D eigenvalue weighted by Crippen LogP contribution is -2.33. The van der Waals surface area contributed by atoms with E-state index >= 15 is 0 Å². The molecule has 6 nitrogen and oxygen atoms in total. The van der Waals surface area contributed by atoms with Crippen molar-refractivity contribution < 1.29 is 19.0 Å². The minimum absolute atomic E-state index is 0.183. The normalized spacial score (nSPS) is 11.8. The highest BCUT2D eigenvalue weighted by atomic mass is 35.5. The number of hydrogen-bond acceptors (Lipinski definition) is 4. The van der Waals surface area contributed by atoms with Crippen LogP contribution in [-0.4, -0.2) is 38.3 Å². The fourth-order valence-electron chi connectivity index (χ4n) is 3.96. The third-order valence-electron chi connectivity index (χ3n) is 5.56. The Kier molecular flexibility index (Phi) is 7.50. The molecule has 4 aromatic rings. The van der Waals surface area contributed by atoms with Crippen molar-refractivity contribution in [3.05, 3.63) is 88.0 Å². The average molecular weight is 499 g/mol. The monoisotopic (exact) mass is 498 g/mol. The van der Waals surface area contributed by atoms with E-state index in [9.17, 15) is 4.79 Å². The van der Waals surface area contributed by atoms with Crippen LogP contribution in [0.5, 0.6) is 17.2 Å². The summed E-state index contributed by atoms with van der Waals surface area (Å²) in [6.07, 6.45) is 1.96. The number of methoxy groups -OCH3 is 2. The van der Waals surface area contributed by atoms with Crippen LogP contribution in [0.3, 0.4) is 0 Å². The highest BCUT2D eigenvalue weighted by molar-refractivity contribution is 6.35. The summed E-state index contributed by atoms with van der Waals surface area (Å²) in [5, 5.41) is 4.89. The summed E-state index contributed by atoms with van der Waals surface area (Å²) in [7, 11) is 3.21. The van der Waals surface area contributed by atoms with Gasteiger partial charge in [-0.05, 0) is 35.9 Å². The standard InChI is InChI=1S/C26H24Cl2N2O4/c1-32-24-9-5-7-18(26(24)33-2)20(19-13-29-22-8-4-3-6-17(19)22)14-30-25(31)15-34-23-11-10-16(27)12-21(23)28/h3-13,20,29H,14-15H2,1-2H3,(H,30,31). The Balaban J connectivity index is 1.59. The lowest BCUT2D eigenvalue weighted by atomic mass is 9.90. The van der Waals surface area contributed by atoms with Crippen LogP contribution >= 0.6 is 23.2 Å². The number of hydrogen-bond donors (Lipinski definition) is 2. The number of para-hydroxylation sites is 2. The molecule has 0 aliphatic rings. The third-order valence-corrected chi connectivity index (χ3v) is 6.09. The first-order chi connectivity index (χ1) is 16.5. The van der Waals surface area contributed by atoms with Crippen LogP contribution in [0.15, 0.2) is 66.9 Å². The maximum absolute atomic E-state index is 12.7. The molecule has 1 aromatic heterocycles. The highest BCUT2D eigenvalue weighted by Gasteiger charge is 2.24. The number of halogens is 2. The molecule has 0 spiro atoms. The number of benzene rings is 3. The van der Waals surface area contributed by atoms with Crippen LogP contribution in [0.4, 0.5) is 0 Å². The van der Waals surface area contributed by atoms with E-state index in [-0.39, 0.29) is 18.4 Å². The van der Waals surface area contributed by atoms with E-state index in [2.05, 4.69) is 10.3 Å². The average Bonchev–Trinajstić information content (AvgIpc) is 3.27. The van der Waals surface area contributed by atoms with Crippen LogP contribution < -0.4 is 19.5 Å². The van der Waals surface area contributed by atoms with Crippen LogP contribution in [-0.2, 0) is 4.79 Å². The number of aromatic nitrogens is 1. The van der Waals surface area contributed by atoms with Crippen molar-refractivity contribution in [1.29, 1.82) is 0 Å². The van der Waals surface area contributed by atoms with Gasteiger partial charge in [0.1, 0.15) is 5.75 Å². The van der Waals surface area contributed by atoms with Gasteiger partial charge in [0.15, 0.2) is 18.1 Å². The summed E-state index contributed by atoms with van der Waals surface area (Å²) >= 11 is 12.1. The molecule has 4 rings (SSSR count). The van der Waals surface area contributed by atoms with Gasteiger partial charge in [0.05, 0.1) is 19.2 Å². The van der Waals surface area contributed by atoms with E-state index in [1.54, 1.807) is 32.4 Å². The molecule has 34 heavy (non-hydrogen) atoms. The Morgan fingerprint density at radius 2 is 1.79 bits per heavy atom. The second kappa shape index (κ2) is 10.7. The number of ether oxygens (including phenoxy) is 3. The predicted molar refractivity (Wildman–Crippen MR) is 135 cm³/mol. The van der Waals surface area contributed by atoms with Crippen molar-refractivity contribution in [2.75, 3.05) is 27.4 Å². The minimum Gasteiger partial charge on any atom is -0.493 e. The fourth-order valence-corrected chi connectivity index (χ4v) is 4.42. The first-order valence-electron chi connectivity index (χ1n) is 10.6. The van der Waals surface area contributed by atoms with Gasteiger partial charge in [-0.3, -0.25) is 4.79 Å². The number of aromatic amines is 1. The number of H-pyrrole nitrogens is 1. The molecule has 0 bridgehead atoms. The molecule has 0 fully saturated rings. The van der Waals surface area contributed by atoms with Crippen LogP contribution in [0, 0.1) is 0 Å². The molecule has 1 heterocycles. The van der Waals surface area contributed by atoms with Crippen molar-refractivity contribution in [3.8, 4) is 17.2 Å². The largest absolute Gasteiger partial charge is 0.493 e. The Morgan fingerprint density at radius 1 is 0.971 bits per heavy atom. The molecule has 176 valence electrons. The molecule has 0 radical (unpaired) electrons. The molecule has 1 atom stereocenters. The summed E-state index contributed by atoms with van der Waals surface area (Å²) in [4.78, 5) is 16.0. The summed E-state index contributed by atoms with van der Waals surface area (Å²) < 4.78 is 16.8. The molecule has 0 aliphatic carbocycles. The maximum atomic E-state index is 12.7. The smallest absolute Gasteiger partial charge is 0.257 e. The second-order valence-electron chi connectivity index (χ2n) is 7.59. The summed E-state index contributed by atoms with van der Waals surface area (Å²) in [5.41, 5.74) is 2.94. The van der Waals surface area contributed by atoms with Gasteiger partial charge in [0, 0.05) is 40.1 Å². The van der Waals surface area contributed by atoms with Crippen LogP contribution in [0.1, 0.15) is 17.0 Å². The maximum Gasteiger partial charge on any atom is 0.257 e. The van der Waals surface area contributed by atoms with Crippen molar-refractivity contribution in [2.24, 2.45) is 0 Å². The minimum atomic E-state index is -0.280. The van der Waals surface area contributed by atoms with E-state index in [0.717, 1.165) is 22.0 Å². The number of rotatable bonds is 9. The highest BCUT2D eigenvalue weighted by Crippen LogP contribution is 2.40. The summed E-state index contributed by atoms with van der Waals surface area (Å²) in [5.74, 6) is 1.15. The molecule has 3 aromatic carbocycles. The number of nitrogens with one attached hydrogen (secondary N) is 2. The molecule has 0 saturated carbocycles. The van der Waals surface area contributed by atoms with E-state index in [0.29, 0.717) is 33.8 Å². The van der Waals surface area contributed by atoms with Crippen LogP contribution in [0.2, 0.25) is 10.0 Å². The van der Waals surface area contributed by atoms with Gasteiger partial charge < -0.3 is 24.5 Å². The molecule has 8 heteroatoms. The molecular weight excluding hydrogens is 475 g/mol. The molecular formula is C26H24Cl2N2O4. The third kappa shape index (κ3) is 5.08. The molecule has 1 amide bonds. The topological polar surface area (TPSA) is 72.6 Å². The van der Waals surface area contributed by atoms with Crippen LogP contribution in [0.25, 0.3) is 10.9 Å². The summed E-state index contributed by atoms with van der Waals surface area (Å²) in [6.45, 7) is 0.138. The van der Waals surface area contributed by atoms with Crippen molar-refractivity contribution in [3.63, 3.8) is 0 Å². The van der Waals surface area contributed by atoms with Gasteiger partial charge in [-0.25, -0.2) is 0 Å². The van der Waals surface area contributed by atoms with E-state index in [4.69, 9.17) is 37.4 Å². The Labute approximate surface area is 207 Å². The molecule has 0 saturated heterocycles. The van der Waals surface area contributed by atoms with Gasteiger partial charge in [0.2, 0.25) is 0 Å². The molecule has 2 N–H and O–H groups in total.